The van der Waals surface area contributed by atoms with Crippen LogP contribution in [-0.2, 0) is 6.61 Å². The number of ether oxygens (including phenoxy) is 2. The van der Waals surface area contributed by atoms with Crippen LogP contribution in [0.2, 0.25) is 0 Å². The molecule has 0 unspecified atom stereocenters. The Bertz CT molecular complexity index is 1930. The lowest BCUT2D eigenvalue weighted by atomic mass is 9.96. The van der Waals surface area contributed by atoms with Crippen molar-refractivity contribution in [3.05, 3.63) is 127 Å². The third kappa shape index (κ3) is 6.13. The van der Waals surface area contributed by atoms with E-state index in [0.717, 1.165) is 16.9 Å². The smallest absolute Gasteiger partial charge is 0.282 e. The highest BCUT2D eigenvalue weighted by Gasteiger charge is 2.19. The van der Waals surface area contributed by atoms with Crippen molar-refractivity contribution in [3.8, 4) is 22.9 Å². The van der Waals surface area contributed by atoms with Crippen molar-refractivity contribution >= 4 is 22.8 Å². The van der Waals surface area contributed by atoms with Gasteiger partial charge in [0.1, 0.15) is 23.9 Å². The molecule has 0 spiro atoms. The summed E-state index contributed by atoms with van der Waals surface area (Å²) in [6, 6.07) is 20.8. The third-order valence-electron chi connectivity index (χ3n) is 6.99. The van der Waals surface area contributed by atoms with E-state index in [4.69, 9.17) is 14.5 Å². The molecule has 0 radical (unpaired) electrons. The summed E-state index contributed by atoms with van der Waals surface area (Å²) in [7, 11) is 1.61. The fourth-order valence-corrected chi connectivity index (χ4v) is 4.76. The number of non-ortho nitro benzene ring substituents is 1. The second-order valence-electron chi connectivity index (χ2n) is 10.3. The number of para-hydroxylation sites is 1. The number of rotatable bonds is 9. The van der Waals surface area contributed by atoms with Gasteiger partial charge in [-0.2, -0.15) is 9.78 Å². The molecule has 1 aromatic heterocycles. The van der Waals surface area contributed by atoms with Crippen molar-refractivity contribution in [2.45, 2.75) is 33.3 Å². The molecule has 0 aliphatic carbocycles. The number of hydrogen-bond acceptors (Lipinski definition) is 7. The molecule has 1 heterocycles. The van der Waals surface area contributed by atoms with Gasteiger partial charge < -0.3 is 9.47 Å². The van der Waals surface area contributed by atoms with Gasteiger partial charge in [0.05, 0.1) is 29.2 Å². The maximum atomic E-state index is 13.8. The van der Waals surface area contributed by atoms with Crippen LogP contribution in [-0.4, -0.2) is 27.9 Å². The molecule has 9 nitrogen and oxygen atoms in total. The minimum absolute atomic E-state index is 0.0160. The van der Waals surface area contributed by atoms with Crippen LogP contribution in [0.25, 0.3) is 22.3 Å². The van der Waals surface area contributed by atoms with Crippen LogP contribution in [0.4, 0.5) is 10.1 Å². The lowest BCUT2D eigenvalue weighted by Crippen LogP contribution is -2.21. The number of nitro benzene ring substituents is 1. The Morgan fingerprint density at radius 2 is 1.84 bits per heavy atom. The predicted octanol–water partition coefficient (Wildman–Crippen LogP) is 7.01. The van der Waals surface area contributed by atoms with Crippen molar-refractivity contribution in [1.29, 1.82) is 0 Å². The first-order chi connectivity index (χ1) is 20.7. The van der Waals surface area contributed by atoms with Crippen LogP contribution in [0.3, 0.4) is 0 Å². The number of methoxy groups -OCH3 is 1. The van der Waals surface area contributed by atoms with E-state index in [-0.39, 0.29) is 29.5 Å². The second-order valence-corrected chi connectivity index (χ2v) is 10.3. The summed E-state index contributed by atoms with van der Waals surface area (Å²) < 4.78 is 26.4. The van der Waals surface area contributed by atoms with Gasteiger partial charge >= 0.3 is 0 Å². The largest absolute Gasteiger partial charge is 0.496 e. The maximum Gasteiger partial charge on any atom is 0.282 e. The van der Waals surface area contributed by atoms with E-state index in [0.29, 0.717) is 27.9 Å². The summed E-state index contributed by atoms with van der Waals surface area (Å²) in [6.45, 7) is 6.01. The Balaban J connectivity index is 1.66. The number of hydrogen-bond donors (Lipinski definition) is 0. The van der Waals surface area contributed by atoms with E-state index >= 15 is 0 Å². The Labute approximate surface area is 247 Å². The van der Waals surface area contributed by atoms with E-state index in [1.54, 1.807) is 43.5 Å². The van der Waals surface area contributed by atoms with Gasteiger partial charge in [0.2, 0.25) is 0 Å². The average Bonchev–Trinajstić information content (AvgIpc) is 2.99. The zero-order valence-electron chi connectivity index (χ0n) is 24.1. The molecule has 0 aliphatic rings. The Hall–Kier alpha value is -5.38. The topological polar surface area (TPSA) is 109 Å². The standard InChI is InChI=1S/C33H29FN4O5/c1-20(2)27-17-28(21(3)14-31(27)42-4)32-36-29-11-6-5-10-26(29)33(39)37(32)35-18-23-16-25(38(40)41)12-13-30(23)43-19-22-8-7-9-24(34)15-22/h5-18,20H,19H2,1-4H3. The number of benzene rings is 4. The summed E-state index contributed by atoms with van der Waals surface area (Å²) in [5.74, 6) is 1.02. The summed E-state index contributed by atoms with van der Waals surface area (Å²) in [4.78, 5) is 29.7. The van der Waals surface area contributed by atoms with E-state index in [1.165, 1.54) is 41.2 Å². The van der Waals surface area contributed by atoms with Crippen LogP contribution in [0.1, 0.15) is 42.0 Å². The normalized spacial score (nSPS) is 11.4. The molecule has 4 aromatic carbocycles. The fraction of sp³-hybridized carbons (Fsp3) is 0.182. The zero-order chi connectivity index (χ0) is 30.7. The van der Waals surface area contributed by atoms with Crippen LogP contribution in [0.5, 0.6) is 11.5 Å². The van der Waals surface area contributed by atoms with Gasteiger partial charge in [0, 0.05) is 23.3 Å². The molecule has 0 atom stereocenters. The van der Waals surface area contributed by atoms with Gasteiger partial charge in [-0.25, -0.2) is 9.37 Å². The Morgan fingerprint density at radius 3 is 2.56 bits per heavy atom. The summed E-state index contributed by atoms with van der Waals surface area (Å²) >= 11 is 0. The summed E-state index contributed by atoms with van der Waals surface area (Å²) in [5.41, 5.74) is 3.19. The molecule has 0 bridgehead atoms. The third-order valence-corrected chi connectivity index (χ3v) is 6.99. The first kappa shape index (κ1) is 29.1. The van der Waals surface area contributed by atoms with Crippen molar-refractivity contribution in [2.24, 2.45) is 5.10 Å². The van der Waals surface area contributed by atoms with Gasteiger partial charge in [0.25, 0.3) is 11.2 Å². The molecule has 10 heteroatoms. The van der Waals surface area contributed by atoms with Gasteiger partial charge in [0.15, 0.2) is 5.82 Å². The first-order valence-corrected chi connectivity index (χ1v) is 13.6. The molecule has 43 heavy (non-hydrogen) atoms. The van der Waals surface area contributed by atoms with Gasteiger partial charge in [-0.1, -0.05) is 38.1 Å². The number of nitrogens with zero attached hydrogens (tertiary/aromatic N) is 4. The maximum absolute atomic E-state index is 13.8. The SMILES string of the molecule is COc1cc(C)c(-c2nc3ccccc3c(=O)n2N=Cc2cc([N+](=O)[O-])ccc2OCc2cccc(F)c2)cc1C(C)C. The number of halogens is 1. The molecule has 0 aliphatic heterocycles. The molecule has 5 rings (SSSR count). The molecular weight excluding hydrogens is 551 g/mol. The number of nitro groups is 1. The zero-order valence-corrected chi connectivity index (χ0v) is 24.1. The lowest BCUT2D eigenvalue weighted by Gasteiger charge is -2.17. The highest BCUT2D eigenvalue weighted by Crippen LogP contribution is 2.34. The second kappa shape index (κ2) is 12.2. The van der Waals surface area contributed by atoms with Gasteiger partial charge in [-0.05, 0) is 72.0 Å². The van der Waals surface area contributed by atoms with E-state index < -0.39 is 16.3 Å². The minimum Gasteiger partial charge on any atom is -0.496 e. The first-order valence-electron chi connectivity index (χ1n) is 13.6. The highest BCUT2D eigenvalue weighted by atomic mass is 19.1. The predicted molar refractivity (Wildman–Crippen MR) is 164 cm³/mol. The van der Waals surface area contributed by atoms with Gasteiger partial charge in [-0.15, -0.1) is 0 Å². The number of aromatic nitrogens is 2. The molecule has 0 amide bonds. The minimum atomic E-state index is -0.531. The molecule has 0 N–H and O–H groups in total. The van der Waals surface area contributed by atoms with Crippen LogP contribution in [0, 0.1) is 22.9 Å². The van der Waals surface area contributed by atoms with Crippen molar-refractivity contribution in [2.75, 3.05) is 7.11 Å². The average molecular weight is 581 g/mol. The highest BCUT2D eigenvalue weighted by molar-refractivity contribution is 5.85. The molecule has 0 saturated carbocycles. The van der Waals surface area contributed by atoms with E-state index in [2.05, 4.69) is 5.10 Å². The Kier molecular flexibility index (Phi) is 8.29. The quantitative estimate of drug-likeness (QED) is 0.105. The lowest BCUT2D eigenvalue weighted by molar-refractivity contribution is -0.384. The number of fused-ring (bicyclic) bond motifs is 1. The molecule has 5 aromatic rings. The van der Waals surface area contributed by atoms with Crippen molar-refractivity contribution < 1.29 is 18.8 Å². The monoisotopic (exact) mass is 580 g/mol. The molecule has 0 saturated heterocycles. The number of aryl methyl sites for hydroxylation is 1. The molecule has 0 fully saturated rings. The van der Waals surface area contributed by atoms with Crippen molar-refractivity contribution in [3.63, 3.8) is 0 Å². The van der Waals surface area contributed by atoms with Gasteiger partial charge in [-0.3, -0.25) is 14.9 Å². The van der Waals surface area contributed by atoms with Crippen LogP contribution >= 0.6 is 0 Å². The van der Waals surface area contributed by atoms with E-state index in [1.807, 2.05) is 32.9 Å². The van der Waals surface area contributed by atoms with Crippen LogP contribution in [0.15, 0.2) is 88.8 Å². The summed E-state index contributed by atoms with van der Waals surface area (Å²) in [5, 5.41) is 16.5. The fourth-order valence-electron chi connectivity index (χ4n) is 4.76. The molecule has 218 valence electrons. The molecular formula is C33H29FN4O5. The summed E-state index contributed by atoms with van der Waals surface area (Å²) in [6.07, 6.45) is 1.33. The van der Waals surface area contributed by atoms with Crippen LogP contribution < -0.4 is 15.0 Å². The van der Waals surface area contributed by atoms with E-state index in [9.17, 15) is 19.3 Å². The van der Waals surface area contributed by atoms with Crippen molar-refractivity contribution in [1.82, 2.24) is 9.66 Å². The Morgan fingerprint density at radius 1 is 1.05 bits per heavy atom.